The van der Waals surface area contributed by atoms with Crippen LogP contribution in [-0.2, 0) is 14.4 Å². The molecule has 154 valence electrons. The summed E-state index contributed by atoms with van der Waals surface area (Å²) in [6, 6.07) is 14.3. The first-order chi connectivity index (χ1) is 14.5. The molecule has 1 atom stereocenters. The van der Waals surface area contributed by atoms with E-state index in [-0.39, 0.29) is 30.7 Å². The second-order valence-corrected chi connectivity index (χ2v) is 6.88. The first-order valence-electron chi connectivity index (χ1n) is 9.55. The summed E-state index contributed by atoms with van der Waals surface area (Å²) in [5, 5.41) is 5.46. The lowest BCUT2D eigenvalue weighted by molar-refractivity contribution is -0.126. The van der Waals surface area contributed by atoms with Crippen molar-refractivity contribution in [3.05, 3.63) is 54.1 Å². The van der Waals surface area contributed by atoms with Gasteiger partial charge in [-0.05, 0) is 48.5 Å². The Morgan fingerprint density at radius 3 is 2.47 bits per heavy atom. The van der Waals surface area contributed by atoms with Gasteiger partial charge in [-0.1, -0.05) is 11.8 Å². The fourth-order valence-corrected chi connectivity index (χ4v) is 3.16. The third-order valence-electron chi connectivity index (χ3n) is 4.67. The minimum Gasteiger partial charge on any atom is -0.497 e. The molecule has 1 heterocycles. The van der Waals surface area contributed by atoms with Gasteiger partial charge in [-0.25, -0.2) is 0 Å². The maximum Gasteiger partial charge on any atom is 0.227 e. The SMILES string of the molecule is COc1ccc(N2CC(C(=O)NCC#Cc3ccc(NC(C)=O)cc3)CC2=O)cc1. The molecule has 7 nitrogen and oxygen atoms in total. The van der Waals surface area contributed by atoms with Gasteiger partial charge in [-0.15, -0.1) is 0 Å². The predicted molar refractivity (Wildman–Crippen MR) is 114 cm³/mol. The van der Waals surface area contributed by atoms with Gasteiger partial charge >= 0.3 is 0 Å². The standard InChI is InChI=1S/C23H23N3O4/c1-16(27)25-19-7-5-17(6-8-19)4-3-13-24-23(29)18-14-22(28)26(15-18)20-9-11-21(30-2)12-10-20/h5-12,18H,13-15H2,1-2H3,(H,24,29)(H,25,27). The molecule has 0 aromatic heterocycles. The number of carbonyl (C=O) groups excluding carboxylic acids is 3. The maximum absolute atomic E-state index is 12.4. The number of nitrogens with zero attached hydrogens (tertiary/aromatic N) is 1. The van der Waals surface area contributed by atoms with E-state index in [1.165, 1.54) is 6.92 Å². The molecule has 1 aliphatic rings. The number of rotatable bonds is 5. The zero-order chi connectivity index (χ0) is 21.5. The molecule has 0 saturated carbocycles. The normalized spacial score (nSPS) is 15.2. The number of hydrogen-bond donors (Lipinski definition) is 2. The van der Waals surface area contributed by atoms with E-state index in [1.807, 2.05) is 0 Å². The quantitative estimate of drug-likeness (QED) is 0.747. The van der Waals surface area contributed by atoms with Crippen molar-refractivity contribution in [1.29, 1.82) is 0 Å². The van der Waals surface area contributed by atoms with E-state index in [2.05, 4.69) is 22.5 Å². The maximum atomic E-state index is 12.4. The van der Waals surface area contributed by atoms with Crippen LogP contribution >= 0.6 is 0 Å². The van der Waals surface area contributed by atoms with Crippen molar-refractivity contribution in [3.63, 3.8) is 0 Å². The summed E-state index contributed by atoms with van der Waals surface area (Å²) in [5.74, 6) is 5.77. The lowest BCUT2D eigenvalue weighted by atomic mass is 10.1. The summed E-state index contributed by atoms with van der Waals surface area (Å²) < 4.78 is 5.13. The van der Waals surface area contributed by atoms with Crippen molar-refractivity contribution in [2.24, 2.45) is 5.92 Å². The molecular formula is C23H23N3O4. The van der Waals surface area contributed by atoms with Crippen LogP contribution in [0.3, 0.4) is 0 Å². The highest BCUT2D eigenvalue weighted by Crippen LogP contribution is 2.26. The summed E-state index contributed by atoms with van der Waals surface area (Å²) >= 11 is 0. The summed E-state index contributed by atoms with van der Waals surface area (Å²) in [5.41, 5.74) is 2.23. The van der Waals surface area contributed by atoms with Gasteiger partial charge in [0.15, 0.2) is 0 Å². The third-order valence-corrected chi connectivity index (χ3v) is 4.67. The van der Waals surface area contributed by atoms with Crippen molar-refractivity contribution < 1.29 is 19.1 Å². The first-order valence-corrected chi connectivity index (χ1v) is 9.55. The largest absolute Gasteiger partial charge is 0.497 e. The molecule has 2 aromatic rings. The molecule has 1 unspecified atom stereocenters. The number of methoxy groups -OCH3 is 1. The van der Waals surface area contributed by atoms with Crippen LogP contribution in [-0.4, -0.2) is 37.9 Å². The Hall–Kier alpha value is -3.79. The van der Waals surface area contributed by atoms with Crippen LogP contribution in [0, 0.1) is 17.8 Å². The molecule has 1 aliphatic heterocycles. The van der Waals surface area contributed by atoms with Crippen LogP contribution in [0.1, 0.15) is 18.9 Å². The Morgan fingerprint density at radius 2 is 1.83 bits per heavy atom. The molecule has 7 heteroatoms. The Labute approximate surface area is 175 Å². The summed E-state index contributed by atoms with van der Waals surface area (Å²) in [6.07, 6.45) is 0.176. The highest BCUT2D eigenvalue weighted by Gasteiger charge is 2.34. The molecule has 2 N–H and O–H groups in total. The summed E-state index contributed by atoms with van der Waals surface area (Å²) in [6.45, 7) is 1.99. The Balaban J connectivity index is 1.50. The van der Waals surface area contributed by atoms with Gasteiger partial charge < -0.3 is 20.3 Å². The minimum absolute atomic E-state index is 0.0781. The number of anilines is 2. The molecule has 0 spiro atoms. The number of carbonyl (C=O) groups is 3. The monoisotopic (exact) mass is 405 g/mol. The van der Waals surface area contributed by atoms with Crippen LogP contribution in [0.4, 0.5) is 11.4 Å². The molecule has 1 fully saturated rings. The Morgan fingerprint density at radius 1 is 1.13 bits per heavy atom. The van der Waals surface area contributed by atoms with Crippen LogP contribution in [0.15, 0.2) is 48.5 Å². The molecule has 3 rings (SSSR count). The lowest BCUT2D eigenvalue weighted by Gasteiger charge is -2.16. The molecule has 0 radical (unpaired) electrons. The summed E-state index contributed by atoms with van der Waals surface area (Å²) in [4.78, 5) is 37.4. The lowest BCUT2D eigenvalue weighted by Crippen LogP contribution is -2.33. The van der Waals surface area contributed by atoms with Crippen molar-refractivity contribution in [2.45, 2.75) is 13.3 Å². The third kappa shape index (κ3) is 5.39. The fourth-order valence-electron chi connectivity index (χ4n) is 3.16. The number of hydrogen-bond acceptors (Lipinski definition) is 4. The van der Waals surface area contributed by atoms with Crippen molar-refractivity contribution in [3.8, 4) is 17.6 Å². The second-order valence-electron chi connectivity index (χ2n) is 6.88. The van der Waals surface area contributed by atoms with Crippen molar-refractivity contribution in [2.75, 3.05) is 30.4 Å². The number of benzene rings is 2. The van der Waals surface area contributed by atoms with Crippen LogP contribution in [0.25, 0.3) is 0 Å². The average molecular weight is 405 g/mol. The topological polar surface area (TPSA) is 87.7 Å². The summed E-state index contributed by atoms with van der Waals surface area (Å²) in [7, 11) is 1.58. The van der Waals surface area contributed by atoms with E-state index in [1.54, 1.807) is 60.5 Å². The predicted octanol–water partition coefficient (Wildman–Crippen LogP) is 2.17. The molecule has 3 amide bonds. The zero-order valence-electron chi connectivity index (χ0n) is 16.9. The average Bonchev–Trinajstić information content (AvgIpc) is 3.13. The van der Waals surface area contributed by atoms with Gasteiger partial charge in [0.25, 0.3) is 0 Å². The van der Waals surface area contributed by atoms with E-state index in [0.29, 0.717) is 18.0 Å². The minimum atomic E-state index is -0.404. The molecular weight excluding hydrogens is 382 g/mol. The Bertz CT molecular complexity index is 988. The van der Waals surface area contributed by atoms with Gasteiger partial charge in [-0.3, -0.25) is 14.4 Å². The van der Waals surface area contributed by atoms with E-state index < -0.39 is 5.92 Å². The smallest absolute Gasteiger partial charge is 0.227 e. The fraction of sp³-hybridized carbons (Fsp3) is 0.261. The van der Waals surface area contributed by atoms with E-state index in [0.717, 1.165) is 11.3 Å². The molecule has 0 aliphatic carbocycles. The number of nitrogens with one attached hydrogen (secondary N) is 2. The molecule has 0 bridgehead atoms. The Kier molecular flexibility index (Phi) is 6.71. The van der Waals surface area contributed by atoms with E-state index in [4.69, 9.17) is 4.74 Å². The van der Waals surface area contributed by atoms with E-state index in [9.17, 15) is 14.4 Å². The highest BCUT2D eigenvalue weighted by atomic mass is 16.5. The van der Waals surface area contributed by atoms with Gasteiger partial charge in [0.05, 0.1) is 19.6 Å². The van der Waals surface area contributed by atoms with Crippen LogP contribution in [0.5, 0.6) is 5.75 Å². The highest BCUT2D eigenvalue weighted by molar-refractivity contribution is 6.00. The number of ether oxygens (including phenoxy) is 1. The molecule has 2 aromatic carbocycles. The molecule has 1 saturated heterocycles. The molecule has 30 heavy (non-hydrogen) atoms. The van der Waals surface area contributed by atoms with Crippen LogP contribution in [0.2, 0.25) is 0 Å². The van der Waals surface area contributed by atoms with Gasteiger partial charge in [0, 0.05) is 36.8 Å². The first kappa shape index (κ1) is 20.9. The van der Waals surface area contributed by atoms with Crippen LogP contribution < -0.4 is 20.3 Å². The number of amides is 3. The van der Waals surface area contributed by atoms with Crippen molar-refractivity contribution in [1.82, 2.24) is 5.32 Å². The second kappa shape index (κ2) is 9.61. The van der Waals surface area contributed by atoms with E-state index >= 15 is 0 Å². The van der Waals surface area contributed by atoms with Crippen molar-refractivity contribution >= 4 is 29.1 Å². The van der Waals surface area contributed by atoms with Gasteiger partial charge in [0.2, 0.25) is 17.7 Å². The zero-order valence-corrected chi connectivity index (χ0v) is 16.9. The van der Waals surface area contributed by atoms with Gasteiger partial charge in [-0.2, -0.15) is 0 Å². The van der Waals surface area contributed by atoms with Gasteiger partial charge in [0.1, 0.15) is 5.75 Å².